The Bertz CT molecular complexity index is 524. The van der Waals surface area contributed by atoms with Gasteiger partial charge in [0.2, 0.25) is 10.0 Å². The maximum Gasteiger partial charge on any atom is 0.238 e. The molecule has 2 rings (SSSR count). The van der Waals surface area contributed by atoms with Crippen molar-refractivity contribution < 1.29 is 17.9 Å². The van der Waals surface area contributed by atoms with Crippen LogP contribution >= 0.6 is 0 Å². The standard InChI is InChI=1S/C11H16N2O4S/c1-16-11-3-2-9(18(12,14)15)6-10(11)13-8-4-5-17-7-8/h2-3,6,8,13H,4-5,7H2,1H3,(H2,12,14,15). The minimum atomic E-state index is -3.71. The molecule has 0 saturated carbocycles. The molecule has 18 heavy (non-hydrogen) atoms. The molecule has 0 spiro atoms. The molecule has 6 nitrogen and oxygen atoms in total. The molecule has 100 valence electrons. The van der Waals surface area contributed by atoms with Crippen molar-refractivity contribution in [2.24, 2.45) is 5.14 Å². The molecule has 1 aromatic carbocycles. The van der Waals surface area contributed by atoms with Crippen molar-refractivity contribution in [1.82, 2.24) is 0 Å². The van der Waals surface area contributed by atoms with Crippen LogP contribution in [0.1, 0.15) is 6.42 Å². The summed E-state index contributed by atoms with van der Waals surface area (Å²) in [6.07, 6.45) is 0.878. The number of anilines is 1. The van der Waals surface area contributed by atoms with E-state index in [0.717, 1.165) is 6.42 Å². The summed E-state index contributed by atoms with van der Waals surface area (Å²) in [7, 11) is -2.18. The Hall–Kier alpha value is -1.31. The van der Waals surface area contributed by atoms with Gasteiger partial charge in [-0.05, 0) is 24.6 Å². The lowest BCUT2D eigenvalue weighted by atomic mass is 10.2. The van der Waals surface area contributed by atoms with E-state index in [4.69, 9.17) is 14.6 Å². The average molecular weight is 272 g/mol. The van der Waals surface area contributed by atoms with E-state index in [1.807, 2.05) is 0 Å². The summed E-state index contributed by atoms with van der Waals surface area (Å²) in [4.78, 5) is 0.0599. The highest BCUT2D eigenvalue weighted by Gasteiger charge is 2.18. The van der Waals surface area contributed by atoms with Crippen LogP contribution in [-0.4, -0.2) is 34.8 Å². The van der Waals surface area contributed by atoms with Crippen LogP contribution in [0.5, 0.6) is 5.75 Å². The third kappa shape index (κ3) is 2.92. The van der Waals surface area contributed by atoms with Crippen molar-refractivity contribution in [3.63, 3.8) is 0 Å². The van der Waals surface area contributed by atoms with Crippen molar-refractivity contribution in [3.05, 3.63) is 18.2 Å². The molecular weight excluding hydrogens is 256 g/mol. The molecule has 1 unspecified atom stereocenters. The smallest absolute Gasteiger partial charge is 0.238 e. The topological polar surface area (TPSA) is 90.7 Å². The molecule has 0 amide bonds. The van der Waals surface area contributed by atoms with Crippen molar-refractivity contribution in [2.75, 3.05) is 25.6 Å². The van der Waals surface area contributed by atoms with E-state index in [0.29, 0.717) is 24.7 Å². The van der Waals surface area contributed by atoms with Gasteiger partial charge in [0.25, 0.3) is 0 Å². The molecule has 0 radical (unpaired) electrons. The number of hydrogen-bond acceptors (Lipinski definition) is 5. The molecule has 0 aromatic heterocycles. The largest absolute Gasteiger partial charge is 0.495 e. The fourth-order valence-electron chi connectivity index (χ4n) is 1.85. The van der Waals surface area contributed by atoms with Crippen molar-refractivity contribution >= 4 is 15.7 Å². The van der Waals surface area contributed by atoms with Crippen LogP contribution in [0, 0.1) is 0 Å². The monoisotopic (exact) mass is 272 g/mol. The highest BCUT2D eigenvalue weighted by Crippen LogP contribution is 2.28. The number of primary sulfonamides is 1. The molecule has 1 aliphatic heterocycles. The second-order valence-corrected chi connectivity index (χ2v) is 5.67. The second-order valence-electron chi connectivity index (χ2n) is 4.11. The number of rotatable bonds is 4. The van der Waals surface area contributed by atoms with Gasteiger partial charge < -0.3 is 14.8 Å². The maximum atomic E-state index is 11.3. The summed E-state index contributed by atoms with van der Waals surface area (Å²) >= 11 is 0. The van der Waals surface area contributed by atoms with Gasteiger partial charge in [0.05, 0.1) is 30.3 Å². The summed E-state index contributed by atoms with van der Waals surface area (Å²) in [5.41, 5.74) is 0.611. The van der Waals surface area contributed by atoms with E-state index in [-0.39, 0.29) is 10.9 Å². The lowest BCUT2D eigenvalue weighted by Gasteiger charge is -2.16. The molecule has 0 aliphatic carbocycles. The highest BCUT2D eigenvalue weighted by molar-refractivity contribution is 7.89. The maximum absolute atomic E-state index is 11.3. The Morgan fingerprint density at radius 1 is 1.50 bits per heavy atom. The van der Waals surface area contributed by atoms with Gasteiger partial charge in [-0.25, -0.2) is 13.6 Å². The normalized spacial score (nSPS) is 19.8. The fourth-order valence-corrected chi connectivity index (χ4v) is 2.38. The number of ether oxygens (including phenoxy) is 2. The molecule has 7 heteroatoms. The minimum absolute atomic E-state index is 0.0599. The summed E-state index contributed by atoms with van der Waals surface area (Å²) < 4.78 is 33.1. The van der Waals surface area contributed by atoms with E-state index in [1.165, 1.54) is 19.2 Å². The highest BCUT2D eigenvalue weighted by atomic mass is 32.2. The number of nitrogens with two attached hydrogens (primary N) is 1. The first-order chi connectivity index (χ1) is 8.50. The van der Waals surface area contributed by atoms with E-state index in [1.54, 1.807) is 6.07 Å². The minimum Gasteiger partial charge on any atom is -0.495 e. The van der Waals surface area contributed by atoms with E-state index in [2.05, 4.69) is 5.32 Å². The first kappa shape index (κ1) is 13.1. The number of nitrogens with one attached hydrogen (secondary N) is 1. The lowest BCUT2D eigenvalue weighted by Crippen LogP contribution is -2.20. The molecule has 1 aliphatic rings. The first-order valence-electron chi connectivity index (χ1n) is 5.56. The SMILES string of the molecule is COc1ccc(S(N)(=O)=O)cc1NC1CCOC1. The summed E-state index contributed by atoms with van der Waals surface area (Å²) in [5.74, 6) is 0.578. The Labute approximate surface area is 106 Å². The summed E-state index contributed by atoms with van der Waals surface area (Å²) in [6.45, 7) is 1.30. The van der Waals surface area contributed by atoms with Gasteiger partial charge in [-0.2, -0.15) is 0 Å². The molecule has 3 N–H and O–H groups in total. The fraction of sp³-hybridized carbons (Fsp3) is 0.455. The molecule has 1 heterocycles. The number of hydrogen-bond donors (Lipinski definition) is 2. The van der Waals surface area contributed by atoms with Crippen LogP contribution in [-0.2, 0) is 14.8 Å². The van der Waals surface area contributed by atoms with Crippen LogP contribution < -0.4 is 15.2 Å². The van der Waals surface area contributed by atoms with Gasteiger partial charge in [-0.3, -0.25) is 0 Å². The predicted octanol–water partition coefficient (Wildman–Crippen LogP) is 0.543. The van der Waals surface area contributed by atoms with Crippen LogP contribution in [0.15, 0.2) is 23.1 Å². The zero-order valence-corrected chi connectivity index (χ0v) is 10.9. The van der Waals surface area contributed by atoms with Crippen molar-refractivity contribution in [2.45, 2.75) is 17.4 Å². The van der Waals surface area contributed by atoms with Gasteiger partial charge >= 0.3 is 0 Å². The van der Waals surface area contributed by atoms with E-state index >= 15 is 0 Å². The number of sulfonamides is 1. The summed E-state index contributed by atoms with van der Waals surface area (Å²) in [5, 5.41) is 8.31. The zero-order valence-electron chi connectivity index (χ0n) is 10.0. The van der Waals surface area contributed by atoms with Crippen LogP contribution in [0.25, 0.3) is 0 Å². The van der Waals surface area contributed by atoms with Gasteiger partial charge in [-0.15, -0.1) is 0 Å². The van der Waals surface area contributed by atoms with E-state index < -0.39 is 10.0 Å². The molecule has 1 aromatic rings. The average Bonchev–Trinajstić information content (AvgIpc) is 2.80. The molecule has 1 fully saturated rings. The van der Waals surface area contributed by atoms with Gasteiger partial charge in [0, 0.05) is 6.61 Å². The second kappa shape index (κ2) is 5.13. The Morgan fingerprint density at radius 2 is 2.28 bits per heavy atom. The van der Waals surface area contributed by atoms with Crippen LogP contribution in [0.3, 0.4) is 0 Å². The Kier molecular flexibility index (Phi) is 3.74. The predicted molar refractivity (Wildman–Crippen MR) is 67.2 cm³/mol. The van der Waals surface area contributed by atoms with E-state index in [9.17, 15) is 8.42 Å². The Balaban J connectivity index is 2.30. The van der Waals surface area contributed by atoms with Crippen LogP contribution in [0.2, 0.25) is 0 Å². The molecule has 1 atom stereocenters. The number of methoxy groups -OCH3 is 1. The first-order valence-corrected chi connectivity index (χ1v) is 7.10. The van der Waals surface area contributed by atoms with Gasteiger partial charge in [0.15, 0.2) is 0 Å². The summed E-state index contributed by atoms with van der Waals surface area (Å²) in [6, 6.07) is 4.64. The van der Waals surface area contributed by atoms with Crippen molar-refractivity contribution in [3.8, 4) is 5.75 Å². The quantitative estimate of drug-likeness (QED) is 0.835. The van der Waals surface area contributed by atoms with Gasteiger partial charge in [0.1, 0.15) is 5.75 Å². The Morgan fingerprint density at radius 3 is 2.83 bits per heavy atom. The third-order valence-corrected chi connectivity index (χ3v) is 3.70. The zero-order chi connectivity index (χ0) is 13.2. The lowest BCUT2D eigenvalue weighted by molar-refractivity contribution is 0.195. The van der Waals surface area contributed by atoms with Crippen molar-refractivity contribution in [1.29, 1.82) is 0 Å². The third-order valence-electron chi connectivity index (χ3n) is 2.79. The van der Waals surface area contributed by atoms with Gasteiger partial charge in [-0.1, -0.05) is 0 Å². The van der Waals surface area contributed by atoms with Crippen LogP contribution in [0.4, 0.5) is 5.69 Å². The molecule has 0 bridgehead atoms. The number of benzene rings is 1. The molecule has 1 saturated heterocycles. The molecular formula is C11H16N2O4S.